The maximum absolute atomic E-state index is 13.2. The largest absolute Gasteiger partial charge is 0.385 e. The van der Waals surface area contributed by atoms with E-state index in [1.165, 1.54) is 12.1 Å². The molecule has 2 fully saturated rings. The van der Waals surface area contributed by atoms with Gasteiger partial charge < -0.3 is 5.11 Å². The first-order valence-corrected chi connectivity index (χ1v) is 7.74. The average molecular weight is 270 g/mol. The Morgan fingerprint density at radius 2 is 1.83 bits per heavy atom. The summed E-state index contributed by atoms with van der Waals surface area (Å²) in [6, 6.07) is 5.84. The minimum absolute atomic E-state index is 0.190. The van der Waals surface area contributed by atoms with E-state index in [0.29, 0.717) is 18.4 Å². The van der Waals surface area contributed by atoms with E-state index in [0.717, 1.165) is 0 Å². The van der Waals surface area contributed by atoms with Crippen LogP contribution < -0.4 is 0 Å². The highest BCUT2D eigenvalue weighted by Gasteiger charge is 2.53. The van der Waals surface area contributed by atoms with Crippen LogP contribution in [0, 0.1) is 5.82 Å². The van der Waals surface area contributed by atoms with Crippen molar-refractivity contribution < 1.29 is 17.9 Å². The van der Waals surface area contributed by atoms with Crippen LogP contribution in [0.2, 0.25) is 0 Å². The standard InChI is InChI=1S/C13H15FO3S/c14-10-3-1-2-9(6-10)13(15)7-11-4-5-12(8-13)18(11,16)17/h1-3,6,11-12,15H,4-5,7-8H2. The zero-order valence-electron chi connectivity index (χ0n) is 9.84. The lowest BCUT2D eigenvalue weighted by molar-refractivity contribution is 0.0170. The van der Waals surface area contributed by atoms with E-state index in [9.17, 15) is 17.9 Å². The lowest BCUT2D eigenvalue weighted by Gasteiger charge is -2.36. The molecule has 3 nitrogen and oxygen atoms in total. The van der Waals surface area contributed by atoms with Gasteiger partial charge in [0, 0.05) is 0 Å². The molecule has 3 rings (SSSR count). The summed E-state index contributed by atoms with van der Waals surface area (Å²) in [5.41, 5.74) is -0.700. The van der Waals surface area contributed by atoms with Crippen molar-refractivity contribution >= 4 is 9.84 Å². The van der Waals surface area contributed by atoms with Gasteiger partial charge in [0.25, 0.3) is 0 Å². The monoisotopic (exact) mass is 270 g/mol. The Hall–Kier alpha value is -0.940. The molecule has 18 heavy (non-hydrogen) atoms. The molecule has 2 saturated heterocycles. The maximum atomic E-state index is 13.2. The minimum atomic E-state index is -3.07. The highest BCUT2D eigenvalue weighted by atomic mass is 32.2. The van der Waals surface area contributed by atoms with Gasteiger partial charge >= 0.3 is 0 Å². The van der Waals surface area contributed by atoms with Gasteiger partial charge in [0.15, 0.2) is 9.84 Å². The van der Waals surface area contributed by atoms with E-state index >= 15 is 0 Å². The van der Waals surface area contributed by atoms with E-state index in [2.05, 4.69) is 0 Å². The van der Waals surface area contributed by atoms with E-state index < -0.39 is 31.8 Å². The highest BCUT2D eigenvalue weighted by Crippen LogP contribution is 2.47. The van der Waals surface area contributed by atoms with Crippen LogP contribution in [-0.4, -0.2) is 24.0 Å². The molecular weight excluding hydrogens is 255 g/mol. The summed E-state index contributed by atoms with van der Waals surface area (Å²) in [6.45, 7) is 0. The molecule has 0 aromatic heterocycles. The maximum Gasteiger partial charge on any atom is 0.156 e. The van der Waals surface area contributed by atoms with Crippen LogP contribution in [0.3, 0.4) is 0 Å². The number of rotatable bonds is 1. The number of hydrogen-bond acceptors (Lipinski definition) is 3. The fourth-order valence-corrected chi connectivity index (χ4v) is 5.75. The number of hydrogen-bond donors (Lipinski definition) is 1. The molecule has 0 saturated carbocycles. The van der Waals surface area contributed by atoms with Gasteiger partial charge in [-0.25, -0.2) is 12.8 Å². The van der Waals surface area contributed by atoms with Crippen molar-refractivity contribution in [1.29, 1.82) is 0 Å². The summed E-state index contributed by atoms with van der Waals surface area (Å²) in [5.74, 6) is -0.401. The van der Waals surface area contributed by atoms with E-state index in [-0.39, 0.29) is 12.8 Å². The molecule has 1 N–H and O–H groups in total. The van der Waals surface area contributed by atoms with Crippen LogP contribution in [0.5, 0.6) is 0 Å². The van der Waals surface area contributed by atoms with Crippen molar-refractivity contribution in [3.8, 4) is 0 Å². The Balaban J connectivity index is 2.00. The Labute approximate surface area is 106 Å². The Morgan fingerprint density at radius 3 is 2.39 bits per heavy atom. The summed E-state index contributed by atoms with van der Waals surface area (Å²) in [4.78, 5) is 0. The van der Waals surface area contributed by atoms with Crippen molar-refractivity contribution in [3.63, 3.8) is 0 Å². The topological polar surface area (TPSA) is 54.4 Å². The van der Waals surface area contributed by atoms with Gasteiger partial charge in [-0.05, 0) is 43.4 Å². The molecule has 1 aromatic carbocycles. The quantitative estimate of drug-likeness (QED) is 0.846. The SMILES string of the molecule is O=S1(=O)C2CCC1CC(O)(c1cccc(F)c1)C2. The van der Waals surface area contributed by atoms with Crippen molar-refractivity contribution in [2.45, 2.75) is 41.8 Å². The smallest absolute Gasteiger partial charge is 0.156 e. The second-order valence-corrected chi connectivity index (χ2v) is 7.87. The molecule has 0 spiro atoms. The van der Waals surface area contributed by atoms with Crippen LogP contribution in [-0.2, 0) is 15.4 Å². The Kier molecular flexibility index (Phi) is 2.54. The first-order valence-electron chi connectivity index (χ1n) is 6.13. The van der Waals surface area contributed by atoms with Gasteiger partial charge in [-0.2, -0.15) is 0 Å². The molecular formula is C13H15FO3S. The molecule has 2 aliphatic rings. The van der Waals surface area contributed by atoms with Gasteiger partial charge in [-0.15, -0.1) is 0 Å². The van der Waals surface area contributed by atoms with E-state index in [1.54, 1.807) is 12.1 Å². The zero-order valence-corrected chi connectivity index (χ0v) is 10.7. The molecule has 0 amide bonds. The highest BCUT2D eigenvalue weighted by molar-refractivity contribution is 7.93. The summed E-state index contributed by atoms with van der Waals surface area (Å²) in [5, 5.41) is 9.71. The number of fused-ring (bicyclic) bond motifs is 2. The Morgan fingerprint density at radius 1 is 1.22 bits per heavy atom. The van der Waals surface area contributed by atoms with Gasteiger partial charge in [0.1, 0.15) is 5.82 Å². The van der Waals surface area contributed by atoms with Crippen molar-refractivity contribution in [1.82, 2.24) is 0 Å². The fourth-order valence-electron chi connectivity index (χ4n) is 3.26. The minimum Gasteiger partial charge on any atom is -0.385 e. The predicted molar refractivity (Wildman–Crippen MR) is 65.3 cm³/mol. The summed E-state index contributed by atoms with van der Waals surface area (Å²) >= 11 is 0. The molecule has 2 aliphatic heterocycles. The van der Waals surface area contributed by atoms with Crippen molar-refractivity contribution in [3.05, 3.63) is 35.6 Å². The second-order valence-electron chi connectivity index (χ2n) is 5.36. The van der Waals surface area contributed by atoms with Gasteiger partial charge in [-0.1, -0.05) is 12.1 Å². The zero-order chi connectivity index (χ0) is 13.0. The van der Waals surface area contributed by atoms with Gasteiger partial charge in [0.05, 0.1) is 16.1 Å². The summed E-state index contributed by atoms with van der Waals surface area (Å²) < 4.78 is 37.2. The van der Waals surface area contributed by atoms with Gasteiger partial charge in [0.2, 0.25) is 0 Å². The molecule has 0 aliphatic carbocycles. The van der Waals surface area contributed by atoms with Crippen LogP contribution in [0.25, 0.3) is 0 Å². The normalized spacial score (nSPS) is 37.7. The number of benzene rings is 1. The molecule has 2 bridgehead atoms. The van der Waals surface area contributed by atoms with E-state index in [4.69, 9.17) is 0 Å². The lowest BCUT2D eigenvalue weighted by atomic mass is 9.86. The molecule has 0 radical (unpaired) electrons. The molecule has 1 aromatic rings. The summed E-state index contributed by atoms with van der Waals surface area (Å²) in [7, 11) is -3.07. The fraction of sp³-hybridized carbons (Fsp3) is 0.538. The third-order valence-electron chi connectivity index (χ3n) is 4.23. The third-order valence-corrected chi connectivity index (χ3v) is 6.90. The Bertz CT molecular complexity index is 562. The number of halogens is 1. The molecule has 98 valence electrons. The third kappa shape index (κ3) is 1.68. The first-order chi connectivity index (χ1) is 8.42. The van der Waals surface area contributed by atoms with Crippen LogP contribution in [0.15, 0.2) is 24.3 Å². The molecule has 2 heterocycles. The van der Waals surface area contributed by atoms with Gasteiger partial charge in [-0.3, -0.25) is 0 Å². The predicted octanol–water partition coefficient (Wildman–Crippen LogP) is 1.75. The number of sulfone groups is 1. The molecule has 2 unspecified atom stereocenters. The van der Waals surface area contributed by atoms with Crippen molar-refractivity contribution in [2.75, 3.05) is 0 Å². The first kappa shape index (κ1) is 12.1. The van der Waals surface area contributed by atoms with Crippen LogP contribution >= 0.6 is 0 Å². The number of aliphatic hydroxyl groups is 1. The molecule has 5 heteroatoms. The van der Waals surface area contributed by atoms with E-state index in [1.807, 2.05) is 0 Å². The van der Waals surface area contributed by atoms with Crippen LogP contribution in [0.4, 0.5) is 4.39 Å². The summed E-state index contributed by atoms with van der Waals surface area (Å²) in [6.07, 6.45) is 1.61. The van der Waals surface area contributed by atoms with Crippen molar-refractivity contribution in [2.24, 2.45) is 0 Å². The average Bonchev–Trinajstić information content (AvgIpc) is 2.51. The van der Waals surface area contributed by atoms with Crippen LogP contribution in [0.1, 0.15) is 31.2 Å². The molecule has 2 atom stereocenters. The second kappa shape index (κ2) is 3.78. The lowest BCUT2D eigenvalue weighted by Crippen LogP contribution is -2.43.